The van der Waals surface area contributed by atoms with E-state index in [1.165, 1.54) is 5.56 Å². The van der Waals surface area contributed by atoms with Gasteiger partial charge in [0, 0.05) is 24.9 Å². The number of benzene rings is 1. The van der Waals surface area contributed by atoms with Gasteiger partial charge in [-0.15, -0.1) is 0 Å². The Labute approximate surface area is 164 Å². The van der Waals surface area contributed by atoms with Crippen LogP contribution in [-0.4, -0.2) is 38.8 Å². The van der Waals surface area contributed by atoms with Gasteiger partial charge in [0.1, 0.15) is 17.6 Å². The molecule has 0 aliphatic carbocycles. The number of aromatic amines is 1. The third-order valence-electron chi connectivity index (χ3n) is 5.01. The topological polar surface area (TPSA) is 84.8 Å². The Morgan fingerprint density at radius 2 is 2.25 bits per heavy atom. The van der Waals surface area contributed by atoms with Crippen molar-refractivity contribution in [1.82, 2.24) is 25.1 Å². The van der Waals surface area contributed by atoms with Gasteiger partial charge < -0.3 is 14.6 Å². The van der Waals surface area contributed by atoms with Crippen molar-refractivity contribution >= 4 is 5.91 Å². The molecular formula is C21H25N5O2. The van der Waals surface area contributed by atoms with E-state index < -0.39 is 0 Å². The zero-order valence-corrected chi connectivity index (χ0v) is 16.2. The average Bonchev–Trinajstić information content (AvgIpc) is 3.36. The first-order valence-corrected chi connectivity index (χ1v) is 9.64. The molecule has 0 fully saturated rings. The Kier molecular flexibility index (Phi) is 5.25. The molecule has 146 valence electrons. The molecule has 1 aliphatic heterocycles. The lowest BCUT2D eigenvalue weighted by Gasteiger charge is -2.26. The molecule has 0 bridgehead atoms. The number of rotatable bonds is 6. The third-order valence-corrected chi connectivity index (χ3v) is 5.01. The van der Waals surface area contributed by atoms with E-state index in [-0.39, 0.29) is 12.0 Å². The smallest absolute Gasteiger partial charge is 0.271 e. The molecule has 3 heterocycles. The maximum absolute atomic E-state index is 12.5. The van der Waals surface area contributed by atoms with Gasteiger partial charge in [-0.2, -0.15) is 5.10 Å². The van der Waals surface area contributed by atoms with Crippen molar-refractivity contribution in [2.75, 3.05) is 13.2 Å². The fourth-order valence-corrected chi connectivity index (χ4v) is 3.62. The highest BCUT2D eigenvalue weighted by molar-refractivity contribution is 5.92. The summed E-state index contributed by atoms with van der Waals surface area (Å²) in [6.07, 6.45) is 4.53. The summed E-state index contributed by atoms with van der Waals surface area (Å²) in [5.74, 6) is 1.14. The van der Waals surface area contributed by atoms with Gasteiger partial charge in [0.05, 0.1) is 18.8 Å². The molecule has 1 amide bonds. The number of nitrogens with one attached hydrogen (secondary N) is 2. The second kappa shape index (κ2) is 7.98. The van der Waals surface area contributed by atoms with Gasteiger partial charge >= 0.3 is 0 Å². The van der Waals surface area contributed by atoms with Gasteiger partial charge in [0.25, 0.3) is 5.91 Å². The van der Waals surface area contributed by atoms with Crippen molar-refractivity contribution < 1.29 is 9.53 Å². The fourth-order valence-electron chi connectivity index (χ4n) is 3.62. The highest BCUT2D eigenvalue weighted by Crippen LogP contribution is 2.26. The minimum Gasteiger partial charge on any atom is -0.371 e. The standard InChI is InChI=1S/C21H25N5O2/c1-14(2)20-22-8-9-26(20)13-16-11-18(25-24-16)21(27)23-12-19-17-6-4-3-5-15(17)7-10-28-19/h3-6,8-9,11,14,19H,7,10,12-13H2,1-2H3,(H,23,27)(H,24,25)/t19-/m1/s1. The predicted molar refractivity (Wildman–Crippen MR) is 105 cm³/mol. The molecule has 4 rings (SSSR count). The number of aromatic nitrogens is 4. The van der Waals surface area contributed by atoms with Crippen LogP contribution < -0.4 is 5.32 Å². The lowest BCUT2D eigenvalue weighted by Crippen LogP contribution is -2.32. The van der Waals surface area contributed by atoms with Gasteiger partial charge in [-0.05, 0) is 23.6 Å². The average molecular weight is 379 g/mol. The number of nitrogens with zero attached hydrogens (tertiary/aromatic N) is 3. The van der Waals surface area contributed by atoms with E-state index >= 15 is 0 Å². The first-order valence-electron chi connectivity index (χ1n) is 9.64. The highest BCUT2D eigenvalue weighted by Gasteiger charge is 2.21. The maximum atomic E-state index is 12.5. The van der Waals surface area contributed by atoms with Crippen LogP contribution in [0.15, 0.2) is 42.7 Å². The molecular weight excluding hydrogens is 354 g/mol. The first-order chi connectivity index (χ1) is 13.6. The van der Waals surface area contributed by atoms with Crippen LogP contribution in [0.5, 0.6) is 0 Å². The number of carbonyl (C=O) groups is 1. The monoisotopic (exact) mass is 379 g/mol. The van der Waals surface area contributed by atoms with Crippen molar-refractivity contribution in [3.05, 3.63) is 71.1 Å². The van der Waals surface area contributed by atoms with Gasteiger partial charge in [-0.3, -0.25) is 9.89 Å². The Bertz CT molecular complexity index is 959. The van der Waals surface area contributed by atoms with Gasteiger partial charge in [-0.1, -0.05) is 38.1 Å². The van der Waals surface area contributed by atoms with Crippen LogP contribution in [0.1, 0.15) is 59.0 Å². The maximum Gasteiger partial charge on any atom is 0.271 e. The second-order valence-corrected chi connectivity index (χ2v) is 7.36. The minimum atomic E-state index is -0.205. The van der Waals surface area contributed by atoms with E-state index in [0.29, 0.717) is 31.3 Å². The molecule has 1 aliphatic rings. The van der Waals surface area contributed by atoms with E-state index in [4.69, 9.17) is 4.74 Å². The summed E-state index contributed by atoms with van der Waals surface area (Å²) < 4.78 is 7.91. The lowest BCUT2D eigenvalue weighted by atomic mass is 9.97. The van der Waals surface area contributed by atoms with Crippen LogP contribution in [-0.2, 0) is 17.7 Å². The summed E-state index contributed by atoms with van der Waals surface area (Å²) in [6, 6.07) is 10.0. The molecule has 2 aromatic heterocycles. The number of fused-ring (bicyclic) bond motifs is 1. The predicted octanol–water partition coefficient (Wildman–Crippen LogP) is 2.82. The lowest BCUT2D eigenvalue weighted by molar-refractivity contribution is 0.0411. The van der Waals surface area contributed by atoms with Crippen molar-refractivity contribution in [2.24, 2.45) is 0 Å². The SMILES string of the molecule is CC(C)c1nccn1Cc1cc(C(=O)NC[C@H]2OCCc3ccccc32)n[nH]1. The molecule has 0 spiro atoms. The summed E-state index contributed by atoms with van der Waals surface area (Å²) in [5.41, 5.74) is 3.68. The van der Waals surface area contributed by atoms with Crippen LogP contribution in [0.2, 0.25) is 0 Å². The Morgan fingerprint density at radius 1 is 1.39 bits per heavy atom. The number of hydrogen-bond donors (Lipinski definition) is 2. The molecule has 0 radical (unpaired) electrons. The quantitative estimate of drug-likeness (QED) is 0.690. The van der Waals surface area contributed by atoms with Crippen LogP contribution >= 0.6 is 0 Å². The molecule has 0 unspecified atom stereocenters. The van der Waals surface area contributed by atoms with Crippen LogP contribution in [0.25, 0.3) is 0 Å². The van der Waals surface area contributed by atoms with Gasteiger partial charge in [0.15, 0.2) is 0 Å². The number of H-pyrrole nitrogens is 1. The largest absolute Gasteiger partial charge is 0.371 e. The van der Waals surface area contributed by atoms with E-state index in [2.05, 4.69) is 51.0 Å². The van der Waals surface area contributed by atoms with E-state index in [9.17, 15) is 4.79 Å². The molecule has 0 saturated heterocycles. The zero-order chi connectivity index (χ0) is 19.5. The van der Waals surface area contributed by atoms with Gasteiger partial charge in [0.2, 0.25) is 0 Å². The van der Waals surface area contributed by atoms with Gasteiger partial charge in [-0.25, -0.2) is 4.98 Å². The van der Waals surface area contributed by atoms with Crippen LogP contribution in [0.3, 0.4) is 0 Å². The molecule has 1 atom stereocenters. The molecule has 2 N–H and O–H groups in total. The Hall–Kier alpha value is -2.93. The van der Waals surface area contributed by atoms with E-state index in [1.54, 1.807) is 12.3 Å². The molecule has 28 heavy (non-hydrogen) atoms. The number of ether oxygens (including phenoxy) is 1. The summed E-state index contributed by atoms with van der Waals surface area (Å²) in [5, 5.41) is 10.1. The number of imidazole rings is 1. The normalized spacial score (nSPS) is 16.2. The minimum absolute atomic E-state index is 0.119. The van der Waals surface area contributed by atoms with Crippen molar-refractivity contribution in [2.45, 2.75) is 38.8 Å². The van der Waals surface area contributed by atoms with Crippen molar-refractivity contribution in [3.63, 3.8) is 0 Å². The summed E-state index contributed by atoms with van der Waals surface area (Å²) in [6.45, 7) is 5.92. The van der Waals surface area contributed by atoms with Crippen molar-refractivity contribution in [3.8, 4) is 0 Å². The van der Waals surface area contributed by atoms with Crippen LogP contribution in [0, 0.1) is 0 Å². The number of amides is 1. The van der Waals surface area contributed by atoms with E-state index in [1.807, 2.05) is 18.3 Å². The molecule has 7 heteroatoms. The Balaban J connectivity index is 1.38. The summed E-state index contributed by atoms with van der Waals surface area (Å²) in [7, 11) is 0. The summed E-state index contributed by atoms with van der Waals surface area (Å²) >= 11 is 0. The summed E-state index contributed by atoms with van der Waals surface area (Å²) in [4.78, 5) is 16.9. The van der Waals surface area contributed by atoms with Crippen molar-refractivity contribution in [1.29, 1.82) is 0 Å². The number of hydrogen-bond acceptors (Lipinski definition) is 4. The number of carbonyl (C=O) groups excluding carboxylic acids is 1. The first kappa shape index (κ1) is 18.4. The zero-order valence-electron chi connectivity index (χ0n) is 16.2. The molecule has 7 nitrogen and oxygen atoms in total. The van der Waals surface area contributed by atoms with Crippen LogP contribution in [0.4, 0.5) is 0 Å². The van der Waals surface area contributed by atoms with E-state index in [0.717, 1.165) is 23.5 Å². The molecule has 3 aromatic rings. The second-order valence-electron chi connectivity index (χ2n) is 7.36. The highest BCUT2D eigenvalue weighted by atomic mass is 16.5. The molecule has 1 aromatic carbocycles. The molecule has 0 saturated carbocycles. The third kappa shape index (κ3) is 3.84. The fraction of sp³-hybridized carbons (Fsp3) is 0.381. The Morgan fingerprint density at radius 3 is 3.11 bits per heavy atom.